The first-order valence-corrected chi connectivity index (χ1v) is 5.87. The first-order valence-electron chi connectivity index (χ1n) is 5.87. The van der Waals surface area contributed by atoms with Gasteiger partial charge in [0.05, 0.1) is 12.1 Å². The molecule has 1 atom stereocenters. The lowest BCUT2D eigenvalue weighted by Crippen LogP contribution is -2.28. The number of hydrogen-bond donors (Lipinski definition) is 1. The fourth-order valence-corrected chi connectivity index (χ4v) is 2.52. The van der Waals surface area contributed by atoms with Crippen molar-refractivity contribution in [3.63, 3.8) is 0 Å². The summed E-state index contributed by atoms with van der Waals surface area (Å²) in [6, 6.07) is 1.38. The molecule has 1 aromatic rings. The number of terminal acetylenes is 1. The summed E-state index contributed by atoms with van der Waals surface area (Å²) >= 11 is 0. The lowest BCUT2D eigenvalue weighted by Gasteiger charge is -2.23. The van der Waals surface area contributed by atoms with E-state index >= 15 is 0 Å². The number of carboxylic acids is 1. The van der Waals surface area contributed by atoms with Crippen molar-refractivity contribution < 1.29 is 14.3 Å². The third-order valence-corrected chi connectivity index (χ3v) is 3.61. The van der Waals surface area contributed by atoms with Crippen LogP contribution in [0.25, 0.3) is 0 Å². The Hall–Kier alpha value is -1.89. The predicted molar refractivity (Wildman–Crippen MR) is 64.3 cm³/mol. The summed E-state index contributed by atoms with van der Waals surface area (Å²) in [5.74, 6) is 0.605. The maximum absolute atomic E-state index is 13.2. The Balaban J connectivity index is 2.29. The van der Waals surface area contributed by atoms with E-state index in [1.165, 1.54) is 6.07 Å². The number of aliphatic carboxylic acids is 1. The Morgan fingerprint density at radius 2 is 2.33 bits per heavy atom. The van der Waals surface area contributed by atoms with Gasteiger partial charge < -0.3 is 5.11 Å². The average molecular weight is 247 g/mol. The molecule has 1 heterocycles. The van der Waals surface area contributed by atoms with Gasteiger partial charge in [0.15, 0.2) is 0 Å². The molecular formula is C14H14FNO2. The van der Waals surface area contributed by atoms with Crippen LogP contribution < -0.4 is 0 Å². The number of carboxylic acid groups (broad SMARTS) is 1. The molecule has 0 radical (unpaired) electrons. The normalized spacial score (nSPS) is 17.8. The summed E-state index contributed by atoms with van der Waals surface area (Å²) in [6.07, 6.45) is 10.2. The van der Waals surface area contributed by atoms with Crippen molar-refractivity contribution in [2.75, 3.05) is 0 Å². The molecule has 18 heavy (non-hydrogen) atoms. The van der Waals surface area contributed by atoms with Crippen molar-refractivity contribution in [2.45, 2.75) is 31.1 Å². The number of hydrogen-bond acceptors (Lipinski definition) is 2. The maximum atomic E-state index is 13.2. The molecule has 1 saturated carbocycles. The molecule has 1 aromatic heterocycles. The van der Waals surface area contributed by atoms with Crippen LogP contribution >= 0.6 is 0 Å². The van der Waals surface area contributed by atoms with Crippen LogP contribution in [0, 0.1) is 24.1 Å². The van der Waals surface area contributed by atoms with Gasteiger partial charge in [0.2, 0.25) is 0 Å². The van der Waals surface area contributed by atoms with Gasteiger partial charge in [-0.2, -0.15) is 0 Å². The van der Waals surface area contributed by atoms with Gasteiger partial charge in [0.25, 0.3) is 0 Å². The van der Waals surface area contributed by atoms with Crippen molar-refractivity contribution >= 4 is 5.97 Å². The van der Waals surface area contributed by atoms with E-state index < -0.39 is 23.1 Å². The Bertz CT molecular complexity index is 503. The van der Waals surface area contributed by atoms with E-state index in [1.54, 1.807) is 6.20 Å². The number of rotatable bonds is 5. The van der Waals surface area contributed by atoms with E-state index in [9.17, 15) is 14.3 Å². The van der Waals surface area contributed by atoms with Gasteiger partial charge in [-0.15, -0.1) is 12.3 Å². The van der Waals surface area contributed by atoms with E-state index in [0.717, 1.165) is 19.0 Å². The fourth-order valence-electron chi connectivity index (χ4n) is 2.52. The smallest absolute Gasteiger partial charge is 0.307 e. The zero-order valence-electron chi connectivity index (χ0n) is 9.90. The monoisotopic (exact) mass is 247 g/mol. The van der Waals surface area contributed by atoms with Crippen LogP contribution in [0.4, 0.5) is 4.39 Å². The molecule has 0 aliphatic heterocycles. The van der Waals surface area contributed by atoms with Crippen molar-refractivity contribution in [2.24, 2.45) is 5.92 Å². The Morgan fingerprint density at radius 3 is 2.83 bits per heavy atom. The minimum absolute atomic E-state index is 0.418. The molecule has 4 heteroatoms. The Labute approximate surface area is 105 Å². The summed E-state index contributed by atoms with van der Waals surface area (Å²) in [6.45, 7) is 0. The first kappa shape index (κ1) is 12.6. The van der Waals surface area contributed by atoms with E-state index in [1.807, 2.05) is 0 Å². The number of carbonyl (C=O) groups is 1. The summed E-state index contributed by atoms with van der Waals surface area (Å²) in [5, 5.41) is 9.32. The van der Waals surface area contributed by atoms with Crippen LogP contribution in [0.15, 0.2) is 18.5 Å². The summed E-state index contributed by atoms with van der Waals surface area (Å²) in [4.78, 5) is 15.2. The second-order valence-electron chi connectivity index (χ2n) is 4.68. The van der Waals surface area contributed by atoms with Gasteiger partial charge >= 0.3 is 5.97 Å². The predicted octanol–water partition coefficient (Wildman–Crippen LogP) is 2.37. The highest BCUT2D eigenvalue weighted by Gasteiger charge is 2.53. The van der Waals surface area contributed by atoms with Crippen molar-refractivity contribution in [3.8, 4) is 12.3 Å². The zero-order valence-corrected chi connectivity index (χ0v) is 9.90. The summed E-state index contributed by atoms with van der Waals surface area (Å²) in [7, 11) is 0. The lowest BCUT2D eigenvalue weighted by atomic mass is 9.80. The highest BCUT2D eigenvalue weighted by atomic mass is 19.1. The second-order valence-corrected chi connectivity index (χ2v) is 4.68. The zero-order chi connectivity index (χ0) is 13.2. The third kappa shape index (κ3) is 2.21. The average Bonchev–Trinajstić information content (AvgIpc) is 3.11. The molecule has 0 saturated heterocycles. The van der Waals surface area contributed by atoms with Crippen molar-refractivity contribution in [1.82, 2.24) is 4.98 Å². The summed E-state index contributed by atoms with van der Waals surface area (Å²) < 4.78 is 13.2. The molecule has 0 spiro atoms. The number of pyridine rings is 1. The standard InChI is InChI=1S/C14H14FNO2/c1-2-3-4-12(13(17)18)14(5-6-14)10-7-11(15)9-16-8-10/h1,7-9,12H,3-6H2,(H,17,18). The van der Waals surface area contributed by atoms with E-state index in [0.29, 0.717) is 18.4 Å². The van der Waals surface area contributed by atoms with Crippen LogP contribution in [0.5, 0.6) is 0 Å². The molecule has 0 bridgehead atoms. The minimum atomic E-state index is -0.869. The van der Waals surface area contributed by atoms with Crippen LogP contribution in [-0.4, -0.2) is 16.1 Å². The van der Waals surface area contributed by atoms with Gasteiger partial charge in [-0.05, 0) is 30.9 Å². The van der Waals surface area contributed by atoms with Gasteiger partial charge in [0.1, 0.15) is 5.82 Å². The Kier molecular flexibility index (Phi) is 3.33. The van der Waals surface area contributed by atoms with Crippen LogP contribution in [0.1, 0.15) is 31.2 Å². The van der Waals surface area contributed by atoms with E-state index in [-0.39, 0.29) is 0 Å². The van der Waals surface area contributed by atoms with E-state index in [4.69, 9.17) is 6.42 Å². The molecule has 94 valence electrons. The maximum Gasteiger partial charge on any atom is 0.307 e. The number of halogens is 1. The van der Waals surface area contributed by atoms with Gasteiger partial charge in [-0.25, -0.2) is 4.39 Å². The van der Waals surface area contributed by atoms with Crippen LogP contribution in [0.3, 0.4) is 0 Å². The quantitative estimate of drug-likeness (QED) is 0.813. The van der Waals surface area contributed by atoms with Crippen LogP contribution in [-0.2, 0) is 10.2 Å². The largest absolute Gasteiger partial charge is 0.481 e. The molecule has 1 unspecified atom stereocenters. The topological polar surface area (TPSA) is 50.2 Å². The summed E-state index contributed by atoms with van der Waals surface area (Å²) in [5.41, 5.74) is 0.199. The van der Waals surface area contributed by atoms with Gasteiger partial charge in [0, 0.05) is 18.0 Å². The third-order valence-electron chi connectivity index (χ3n) is 3.61. The molecule has 1 fully saturated rings. The minimum Gasteiger partial charge on any atom is -0.481 e. The second kappa shape index (κ2) is 4.77. The highest BCUT2D eigenvalue weighted by Crippen LogP contribution is 2.55. The molecular weight excluding hydrogens is 233 g/mol. The molecule has 0 aromatic carbocycles. The molecule has 1 N–H and O–H groups in total. The van der Waals surface area contributed by atoms with Gasteiger partial charge in [-0.1, -0.05) is 0 Å². The van der Waals surface area contributed by atoms with Gasteiger partial charge in [-0.3, -0.25) is 9.78 Å². The number of nitrogens with zero attached hydrogens (tertiary/aromatic N) is 1. The first-order chi connectivity index (χ1) is 8.60. The molecule has 0 amide bonds. The SMILES string of the molecule is C#CCCC(C(=O)O)C1(c2cncc(F)c2)CC1. The van der Waals surface area contributed by atoms with Crippen molar-refractivity contribution in [1.29, 1.82) is 0 Å². The fraction of sp³-hybridized carbons (Fsp3) is 0.429. The van der Waals surface area contributed by atoms with Crippen molar-refractivity contribution in [3.05, 3.63) is 29.8 Å². The highest BCUT2D eigenvalue weighted by molar-refractivity contribution is 5.73. The molecule has 1 aliphatic carbocycles. The molecule has 2 rings (SSSR count). The molecule has 1 aliphatic rings. The Morgan fingerprint density at radius 1 is 1.61 bits per heavy atom. The molecule has 3 nitrogen and oxygen atoms in total. The van der Waals surface area contributed by atoms with E-state index in [2.05, 4.69) is 10.9 Å². The lowest BCUT2D eigenvalue weighted by molar-refractivity contribution is -0.143. The number of aromatic nitrogens is 1. The van der Waals surface area contributed by atoms with Crippen LogP contribution in [0.2, 0.25) is 0 Å².